The zero-order valence-corrected chi connectivity index (χ0v) is 17.5. The summed E-state index contributed by atoms with van der Waals surface area (Å²) in [5, 5.41) is 3.18. The van der Waals surface area contributed by atoms with Gasteiger partial charge in [0.05, 0.1) is 5.56 Å². The average molecular weight is 397 g/mol. The summed E-state index contributed by atoms with van der Waals surface area (Å²) in [5.74, 6) is 6.09. The van der Waals surface area contributed by atoms with Crippen molar-refractivity contribution in [2.24, 2.45) is 4.99 Å². The Morgan fingerprint density at radius 3 is 2.80 bits per heavy atom. The molecular weight excluding hydrogens is 373 g/mol. The predicted molar refractivity (Wildman–Crippen MR) is 123 cm³/mol. The molecule has 0 aliphatic rings. The van der Waals surface area contributed by atoms with Crippen molar-refractivity contribution >= 4 is 17.6 Å². The number of benzene rings is 2. The number of nitrogens with one attached hydrogen (secondary N) is 1. The second kappa shape index (κ2) is 9.67. The maximum Gasteiger partial charge on any atom is 0.132 e. The molecule has 0 spiro atoms. The number of rotatable bonds is 5. The number of pyridine rings is 1. The Kier molecular flexibility index (Phi) is 6.77. The fourth-order valence-corrected chi connectivity index (χ4v) is 3.10. The molecule has 3 aromatic rings. The molecule has 0 unspecified atom stereocenters. The summed E-state index contributed by atoms with van der Waals surface area (Å²) >= 11 is 0. The largest absolute Gasteiger partial charge is 0.355 e. The van der Waals surface area contributed by atoms with E-state index in [2.05, 4.69) is 40.6 Å². The van der Waals surface area contributed by atoms with E-state index >= 15 is 0 Å². The lowest BCUT2D eigenvalue weighted by molar-refractivity contribution is 0.623. The first-order chi connectivity index (χ1) is 14.5. The van der Waals surface area contributed by atoms with Gasteiger partial charge in [0.2, 0.25) is 0 Å². The summed E-state index contributed by atoms with van der Waals surface area (Å²) in [4.78, 5) is 8.44. The number of aryl methyl sites for hydroxylation is 2. The van der Waals surface area contributed by atoms with Crippen molar-refractivity contribution in [3.63, 3.8) is 0 Å². The van der Waals surface area contributed by atoms with Gasteiger partial charge < -0.3 is 5.32 Å². The number of halogens is 1. The summed E-state index contributed by atoms with van der Waals surface area (Å²) in [7, 11) is 1.75. The predicted octanol–water partition coefficient (Wildman–Crippen LogP) is 5.62. The minimum absolute atomic E-state index is 0.303. The second-order valence-corrected chi connectivity index (χ2v) is 6.92. The Balaban J connectivity index is 1.86. The van der Waals surface area contributed by atoms with Crippen molar-refractivity contribution in [3.05, 3.63) is 101 Å². The minimum Gasteiger partial charge on any atom is -0.355 e. The van der Waals surface area contributed by atoms with E-state index in [0.717, 1.165) is 39.9 Å². The van der Waals surface area contributed by atoms with Crippen LogP contribution in [0.1, 0.15) is 40.3 Å². The van der Waals surface area contributed by atoms with Gasteiger partial charge in [0, 0.05) is 53.7 Å². The highest BCUT2D eigenvalue weighted by Gasteiger charge is 2.07. The zero-order chi connectivity index (χ0) is 21.5. The maximum atomic E-state index is 14.1. The number of anilines is 1. The van der Waals surface area contributed by atoms with Crippen LogP contribution < -0.4 is 5.32 Å². The van der Waals surface area contributed by atoms with Crippen molar-refractivity contribution in [1.82, 2.24) is 4.98 Å². The lowest BCUT2D eigenvalue weighted by Crippen LogP contribution is -2.00. The van der Waals surface area contributed by atoms with Gasteiger partial charge in [0.25, 0.3) is 0 Å². The molecule has 1 N–H and O–H groups in total. The molecule has 0 atom stereocenters. The average Bonchev–Trinajstić information content (AvgIpc) is 2.75. The van der Waals surface area contributed by atoms with Crippen LogP contribution in [0.25, 0.3) is 5.70 Å². The van der Waals surface area contributed by atoms with Crippen LogP contribution in [0.3, 0.4) is 0 Å². The molecule has 1 aromatic heterocycles. The van der Waals surface area contributed by atoms with Crippen LogP contribution >= 0.6 is 0 Å². The van der Waals surface area contributed by atoms with E-state index in [1.165, 1.54) is 6.07 Å². The molecule has 3 rings (SSSR count). The quantitative estimate of drug-likeness (QED) is 0.448. The van der Waals surface area contributed by atoms with E-state index < -0.39 is 0 Å². The van der Waals surface area contributed by atoms with Crippen LogP contribution in [0, 0.1) is 24.6 Å². The first-order valence-electron chi connectivity index (χ1n) is 9.75. The molecular formula is C26H24FN3. The van der Waals surface area contributed by atoms with Gasteiger partial charge in [-0.25, -0.2) is 4.39 Å². The maximum absolute atomic E-state index is 14.1. The van der Waals surface area contributed by atoms with Gasteiger partial charge in [-0.3, -0.25) is 9.98 Å². The third-order valence-electron chi connectivity index (χ3n) is 4.66. The van der Waals surface area contributed by atoms with Crippen LogP contribution in [-0.4, -0.2) is 18.2 Å². The molecule has 0 saturated heterocycles. The summed E-state index contributed by atoms with van der Waals surface area (Å²) in [6, 6.07) is 12.6. The Morgan fingerprint density at radius 2 is 2.03 bits per heavy atom. The highest BCUT2D eigenvalue weighted by Crippen LogP contribution is 2.21. The third-order valence-corrected chi connectivity index (χ3v) is 4.66. The lowest BCUT2D eigenvalue weighted by Gasteiger charge is -2.11. The van der Waals surface area contributed by atoms with Gasteiger partial charge in [0.15, 0.2) is 0 Å². The van der Waals surface area contributed by atoms with Gasteiger partial charge >= 0.3 is 0 Å². The van der Waals surface area contributed by atoms with Crippen LogP contribution in [0.4, 0.5) is 10.1 Å². The van der Waals surface area contributed by atoms with Crippen molar-refractivity contribution in [2.75, 3.05) is 12.4 Å². The normalized spacial score (nSPS) is 10.5. The Morgan fingerprint density at radius 1 is 1.20 bits per heavy atom. The van der Waals surface area contributed by atoms with Crippen molar-refractivity contribution < 1.29 is 4.39 Å². The Labute approximate surface area is 177 Å². The number of aromatic nitrogens is 1. The number of hydrogen-bond acceptors (Lipinski definition) is 3. The van der Waals surface area contributed by atoms with Crippen molar-refractivity contribution in [3.8, 4) is 11.8 Å². The van der Waals surface area contributed by atoms with E-state index in [4.69, 9.17) is 0 Å². The Bertz CT molecular complexity index is 1170. The van der Waals surface area contributed by atoms with E-state index in [1.54, 1.807) is 25.4 Å². The molecule has 0 amide bonds. The summed E-state index contributed by atoms with van der Waals surface area (Å²) in [6.07, 6.45) is 6.29. The molecule has 1 heterocycles. The molecule has 150 valence electrons. The Hall–Kier alpha value is -3.71. The van der Waals surface area contributed by atoms with Crippen molar-refractivity contribution in [2.45, 2.75) is 20.3 Å². The van der Waals surface area contributed by atoms with Gasteiger partial charge in [-0.15, -0.1) is 0 Å². The highest BCUT2D eigenvalue weighted by atomic mass is 19.1. The van der Waals surface area contributed by atoms with Crippen LogP contribution in [0.15, 0.2) is 66.4 Å². The summed E-state index contributed by atoms with van der Waals surface area (Å²) < 4.78 is 14.1. The number of hydrogen-bond donors (Lipinski definition) is 1. The highest BCUT2D eigenvalue weighted by molar-refractivity contribution is 5.85. The van der Waals surface area contributed by atoms with Crippen LogP contribution in [-0.2, 0) is 6.42 Å². The molecule has 4 heteroatoms. The summed E-state index contributed by atoms with van der Waals surface area (Å²) in [6.45, 7) is 7.99. The van der Waals surface area contributed by atoms with E-state index in [9.17, 15) is 4.39 Å². The standard InChI is InChI=1S/C26H24FN3/c1-5-21-15-29-16-22(25(21)17-28-4)11-10-20-7-6-8-23(14-20)30-19(3)24-13-18(2)9-12-26(24)27/h6-9,12-17,30H,3,5H2,1-2,4H3. The fourth-order valence-electron chi connectivity index (χ4n) is 3.10. The van der Waals surface area contributed by atoms with Gasteiger partial charge in [-0.1, -0.05) is 43.0 Å². The first kappa shape index (κ1) is 21.0. The van der Waals surface area contributed by atoms with Crippen LogP contribution in [0.2, 0.25) is 0 Å². The van der Waals surface area contributed by atoms with Crippen LogP contribution in [0.5, 0.6) is 0 Å². The SMILES string of the molecule is C=C(Nc1cccc(C#Cc2cncc(CC)c2C=NC)c1)c1cc(C)ccc1F. The summed E-state index contributed by atoms with van der Waals surface area (Å²) in [5.41, 5.74) is 6.51. The molecule has 0 aliphatic carbocycles. The molecule has 0 fully saturated rings. The van der Waals surface area contributed by atoms with E-state index in [1.807, 2.05) is 43.6 Å². The zero-order valence-electron chi connectivity index (χ0n) is 17.5. The molecule has 0 aliphatic heterocycles. The van der Waals surface area contributed by atoms with Gasteiger partial charge in [0.1, 0.15) is 5.82 Å². The van der Waals surface area contributed by atoms with Crippen molar-refractivity contribution in [1.29, 1.82) is 0 Å². The third kappa shape index (κ3) is 5.01. The molecule has 2 aromatic carbocycles. The number of nitrogens with zero attached hydrogens (tertiary/aromatic N) is 2. The van der Waals surface area contributed by atoms with Gasteiger partial charge in [-0.2, -0.15) is 0 Å². The molecule has 30 heavy (non-hydrogen) atoms. The molecule has 0 bridgehead atoms. The smallest absolute Gasteiger partial charge is 0.132 e. The fraction of sp³-hybridized carbons (Fsp3) is 0.154. The molecule has 0 radical (unpaired) electrons. The minimum atomic E-state index is -0.303. The molecule has 3 nitrogen and oxygen atoms in total. The van der Waals surface area contributed by atoms with Gasteiger partial charge in [-0.05, 0) is 49.2 Å². The lowest BCUT2D eigenvalue weighted by atomic mass is 10.0. The topological polar surface area (TPSA) is 37.3 Å². The van der Waals surface area contributed by atoms with E-state index in [-0.39, 0.29) is 5.82 Å². The second-order valence-electron chi connectivity index (χ2n) is 6.92. The molecule has 0 saturated carbocycles. The number of aliphatic imine (C=N–C) groups is 1. The monoisotopic (exact) mass is 397 g/mol. The first-order valence-corrected chi connectivity index (χ1v) is 9.75. The van der Waals surface area contributed by atoms with E-state index in [0.29, 0.717) is 11.3 Å².